The van der Waals surface area contributed by atoms with E-state index in [9.17, 15) is 0 Å². The van der Waals surface area contributed by atoms with Crippen LogP contribution in [0.5, 0.6) is 0 Å². The molecular formula is C13H13N5O. The second-order valence-electron chi connectivity index (χ2n) is 4.13. The van der Waals surface area contributed by atoms with E-state index in [1.165, 1.54) is 0 Å². The Morgan fingerprint density at radius 1 is 1.26 bits per heavy atom. The summed E-state index contributed by atoms with van der Waals surface area (Å²) in [5.41, 5.74) is 3.12. The molecule has 0 radical (unpaired) electrons. The van der Waals surface area contributed by atoms with Gasteiger partial charge in [0.2, 0.25) is 5.49 Å². The lowest BCUT2D eigenvalue weighted by Gasteiger charge is -2.00. The number of nitrogens with zero attached hydrogens (tertiary/aromatic N) is 4. The number of hydrogen-bond acceptors (Lipinski definition) is 4. The molecule has 0 fully saturated rings. The van der Waals surface area contributed by atoms with Crippen LogP contribution in [-0.2, 0) is 18.5 Å². The number of benzene rings is 1. The maximum Gasteiger partial charge on any atom is 0.220 e. The molecule has 96 valence electrons. The second kappa shape index (κ2) is 4.93. The number of H-pyrrole nitrogens is 1. The van der Waals surface area contributed by atoms with Crippen molar-refractivity contribution in [2.45, 2.75) is 6.61 Å². The van der Waals surface area contributed by atoms with E-state index >= 15 is 0 Å². The van der Waals surface area contributed by atoms with Gasteiger partial charge in [0.1, 0.15) is 12.1 Å². The molecule has 0 atom stereocenters. The molecule has 0 unspecified atom stereocenters. The lowest BCUT2D eigenvalue weighted by molar-refractivity contribution is 0.119. The fraction of sp³-hybridized carbons (Fsp3) is 0.154. The Kier molecular flexibility index (Phi) is 2.97. The highest BCUT2D eigenvalue weighted by atomic mass is 16.6. The number of rotatable bonds is 3. The first-order chi connectivity index (χ1) is 9.34. The minimum atomic E-state index is 0.416. The molecule has 0 saturated carbocycles. The van der Waals surface area contributed by atoms with Gasteiger partial charge in [0.25, 0.3) is 0 Å². The lowest BCUT2D eigenvalue weighted by atomic mass is 10.2. The molecule has 0 aliphatic heterocycles. The van der Waals surface area contributed by atoms with Gasteiger partial charge in [-0.3, -0.25) is 0 Å². The Bertz CT molecular complexity index is 744. The minimum absolute atomic E-state index is 0.416. The number of hydrogen-bond donors (Lipinski definition) is 1. The summed E-state index contributed by atoms with van der Waals surface area (Å²) >= 11 is 0. The van der Waals surface area contributed by atoms with Crippen LogP contribution in [0.2, 0.25) is 0 Å². The molecule has 2 heterocycles. The van der Waals surface area contributed by atoms with Crippen LogP contribution in [0.25, 0.3) is 11.2 Å². The van der Waals surface area contributed by atoms with E-state index in [0.29, 0.717) is 12.1 Å². The van der Waals surface area contributed by atoms with Crippen molar-refractivity contribution < 1.29 is 4.84 Å². The Hall–Kier alpha value is -2.63. The SMILES string of the molecule is Cn1cn/c(=N\OCc2ccccc2)c2[nH]cnc21. The van der Waals surface area contributed by atoms with Crippen molar-refractivity contribution in [3.63, 3.8) is 0 Å². The molecular weight excluding hydrogens is 242 g/mol. The van der Waals surface area contributed by atoms with Gasteiger partial charge in [-0.1, -0.05) is 35.5 Å². The zero-order valence-electron chi connectivity index (χ0n) is 10.4. The van der Waals surface area contributed by atoms with Gasteiger partial charge in [0.15, 0.2) is 5.65 Å². The van der Waals surface area contributed by atoms with Crippen LogP contribution < -0.4 is 5.49 Å². The first kappa shape index (κ1) is 11.5. The van der Waals surface area contributed by atoms with Crippen LogP contribution in [0, 0.1) is 0 Å². The van der Waals surface area contributed by atoms with Crippen LogP contribution in [0.1, 0.15) is 5.56 Å². The van der Waals surface area contributed by atoms with Gasteiger partial charge in [0, 0.05) is 7.05 Å². The van der Waals surface area contributed by atoms with E-state index in [1.54, 1.807) is 12.7 Å². The predicted molar refractivity (Wildman–Crippen MR) is 69.7 cm³/mol. The molecule has 6 nitrogen and oxygen atoms in total. The summed E-state index contributed by atoms with van der Waals surface area (Å²) in [6.45, 7) is 0.416. The van der Waals surface area contributed by atoms with E-state index in [4.69, 9.17) is 4.84 Å². The third kappa shape index (κ3) is 2.33. The summed E-state index contributed by atoms with van der Waals surface area (Å²) in [6, 6.07) is 9.87. The van der Waals surface area contributed by atoms with Crippen molar-refractivity contribution in [2.24, 2.45) is 12.2 Å². The molecule has 1 aromatic carbocycles. The van der Waals surface area contributed by atoms with Crippen molar-refractivity contribution >= 4 is 11.2 Å². The van der Waals surface area contributed by atoms with Gasteiger partial charge in [0.05, 0.1) is 12.7 Å². The highest BCUT2D eigenvalue weighted by Crippen LogP contribution is 2.02. The second-order valence-corrected chi connectivity index (χ2v) is 4.13. The smallest absolute Gasteiger partial charge is 0.220 e. The molecule has 0 bridgehead atoms. The third-order valence-corrected chi connectivity index (χ3v) is 2.76. The van der Waals surface area contributed by atoms with Crippen molar-refractivity contribution in [1.82, 2.24) is 19.5 Å². The van der Waals surface area contributed by atoms with Crippen molar-refractivity contribution in [3.8, 4) is 0 Å². The van der Waals surface area contributed by atoms with E-state index in [-0.39, 0.29) is 0 Å². The first-order valence-corrected chi connectivity index (χ1v) is 5.89. The summed E-state index contributed by atoms with van der Waals surface area (Å²) in [5, 5.41) is 4.05. The number of aromatic amines is 1. The number of fused-ring (bicyclic) bond motifs is 1. The van der Waals surface area contributed by atoms with Gasteiger partial charge in [-0.2, -0.15) is 0 Å². The normalized spacial score (nSPS) is 11.9. The number of aryl methyl sites for hydroxylation is 1. The Morgan fingerprint density at radius 3 is 2.95 bits per heavy atom. The molecule has 0 aliphatic carbocycles. The summed E-state index contributed by atoms with van der Waals surface area (Å²) in [5.74, 6) is 0. The summed E-state index contributed by atoms with van der Waals surface area (Å²) in [4.78, 5) is 16.7. The Morgan fingerprint density at radius 2 is 2.11 bits per heavy atom. The van der Waals surface area contributed by atoms with Crippen LogP contribution in [0.15, 0.2) is 48.1 Å². The zero-order chi connectivity index (χ0) is 13.1. The Labute approximate surface area is 109 Å². The standard InChI is InChI=1S/C13H13N5O/c1-18-9-16-12(11-13(18)15-8-14-11)17-19-7-10-5-3-2-4-6-10/h2-6,8-9H,7H2,1H3,(H,14,15)/b17-12-. The topological polar surface area (TPSA) is 68.1 Å². The zero-order valence-corrected chi connectivity index (χ0v) is 10.4. The van der Waals surface area contributed by atoms with Gasteiger partial charge in [-0.05, 0) is 5.56 Å². The summed E-state index contributed by atoms with van der Waals surface area (Å²) < 4.78 is 1.82. The highest BCUT2D eigenvalue weighted by Gasteiger charge is 2.02. The average molecular weight is 255 g/mol. The van der Waals surface area contributed by atoms with Crippen molar-refractivity contribution in [2.75, 3.05) is 0 Å². The number of imidazole rings is 1. The molecule has 0 saturated heterocycles. The number of aromatic nitrogens is 4. The molecule has 0 spiro atoms. The molecule has 19 heavy (non-hydrogen) atoms. The quantitative estimate of drug-likeness (QED) is 0.718. The van der Waals surface area contributed by atoms with Crippen LogP contribution in [-0.4, -0.2) is 19.5 Å². The fourth-order valence-corrected chi connectivity index (χ4v) is 1.79. The average Bonchev–Trinajstić information content (AvgIpc) is 2.93. The van der Waals surface area contributed by atoms with Gasteiger partial charge in [-0.15, -0.1) is 0 Å². The maximum atomic E-state index is 5.33. The molecule has 1 N–H and O–H groups in total. The predicted octanol–water partition coefficient (Wildman–Crippen LogP) is 1.33. The lowest BCUT2D eigenvalue weighted by Crippen LogP contribution is -2.13. The molecule has 2 aromatic heterocycles. The highest BCUT2D eigenvalue weighted by molar-refractivity contribution is 5.68. The monoisotopic (exact) mass is 255 g/mol. The van der Waals surface area contributed by atoms with Gasteiger partial charge in [-0.25, -0.2) is 9.97 Å². The van der Waals surface area contributed by atoms with Crippen molar-refractivity contribution in [3.05, 3.63) is 54.0 Å². The van der Waals surface area contributed by atoms with E-state index in [0.717, 1.165) is 16.7 Å². The largest absolute Gasteiger partial charge is 0.389 e. The molecule has 3 aromatic rings. The van der Waals surface area contributed by atoms with Gasteiger partial charge >= 0.3 is 0 Å². The van der Waals surface area contributed by atoms with E-state index in [2.05, 4.69) is 20.1 Å². The summed E-state index contributed by atoms with van der Waals surface area (Å²) in [6.07, 6.45) is 3.27. The molecule has 6 heteroatoms. The number of nitrogens with one attached hydrogen (secondary N) is 1. The maximum absolute atomic E-state index is 5.33. The van der Waals surface area contributed by atoms with E-state index < -0.39 is 0 Å². The Balaban J connectivity index is 1.86. The summed E-state index contributed by atoms with van der Waals surface area (Å²) in [7, 11) is 1.88. The molecule has 0 aliphatic rings. The van der Waals surface area contributed by atoms with E-state index in [1.807, 2.05) is 41.9 Å². The third-order valence-electron chi connectivity index (χ3n) is 2.76. The molecule has 3 rings (SSSR count). The van der Waals surface area contributed by atoms with Crippen LogP contribution in [0.3, 0.4) is 0 Å². The first-order valence-electron chi connectivity index (χ1n) is 5.89. The van der Waals surface area contributed by atoms with Crippen LogP contribution >= 0.6 is 0 Å². The fourth-order valence-electron chi connectivity index (χ4n) is 1.79. The molecule has 0 amide bonds. The van der Waals surface area contributed by atoms with Crippen molar-refractivity contribution in [1.29, 1.82) is 0 Å². The van der Waals surface area contributed by atoms with Crippen LogP contribution in [0.4, 0.5) is 0 Å². The van der Waals surface area contributed by atoms with Gasteiger partial charge < -0.3 is 14.4 Å². The minimum Gasteiger partial charge on any atom is -0.389 e.